The van der Waals surface area contributed by atoms with Gasteiger partial charge < -0.3 is 0 Å². The Morgan fingerprint density at radius 1 is 1.20 bits per heavy atom. The molecule has 0 fully saturated rings. The van der Waals surface area contributed by atoms with Crippen LogP contribution in [-0.4, -0.2) is 15.0 Å². The standard InChI is InChI=1S/C12H23N3/c1-5-7-9-15-11(8-6-2)12(10(3)4)13-14-15/h10H,5-9H2,1-4H3. The van der Waals surface area contributed by atoms with Crippen LogP contribution >= 0.6 is 0 Å². The van der Waals surface area contributed by atoms with Crippen molar-refractivity contribution in [1.29, 1.82) is 0 Å². The van der Waals surface area contributed by atoms with Crippen LogP contribution in [0.4, 0.5) is 0 Å². The number of unbranched alkanes of at least 4 members (excludes halogenated alkanes) is 1. The Kier molecular flexibility index (Phi) is 4.79. The minimum Gasteiger partial charge on any atom is -0.249 e. The van der Waals surface area contributed by atoms with Crippen LogP contribution in [0, 0.1) is 0 Å². The third-order valence-electron chi connectivity index (χ3n) is 2.62. The predicted molar refractivity (Wildman–Crippen MR) is 63.0 cm³/mol. The molecule has 0 radical (unpaired) electrons. The molecule has 0 N–H and O–H groups in total. The molecule has 0 aromatic carbocycles. The molecule has 1 heterocycles. The van der Waals surface area contributed by atoms with E-state index in [0.717, 1.165) is 13.0 Å². The van der Waals surface area contributed by atoms with Crippen molar-refractivity contribution in [3.63, 3.8) is 0 Å². The average molecular weight is 209 g/mol. The molecule has 3 nitrogen and oxygen atoms in total. The SMILES string of the molecule is CCCCn1nnc(C(C)C)c1CCC. The van der Waals surface area contributed by atoms with Gasteiger partial charge in [-0.2, -0.15) is 0 Å². The lowest BCUT2D eigenvalue weighted by atomic mass is 10.1. The first-order chi connectivity index (χ1) is 7.20. The van der Waals surface area contributed by atoms with E-state index in [1.54, 1.807) is 0 Å². The second kappa shape index (κ2) is 5.89. The van der Waals surface area contributed by atoms with Gasteiger partial charge in [-0.3, -0.25) is 0 Å². The van der Waals surface area contributed by atoms with E-state index in [9.17, 15) is 0 Å². The molecule has 0 amide bonds. The van der Waals surface area contributed by atoms with Gasteiger partial charge in [0.2, 0.25) is 0 Å². The van der Waals surface area contributed by atoms with E-state index >= 15 is 0 Å². The highest BCUT2D eigenvalue weighted by Crippen LogP contribution is 2.18. The summed E-state index contributed by atoms with van der Waals surface area (Å²) in [6, 6.07) is 0. The molecule has 0 unspecified atom stereocenters. The molecule has 0 aliphatic heterocycles. The molecule has 86 valence electrons. The Labute approximate surface area is 92.9 Å². The maximum Gasteiger partial charge on any atom is 0.0884 e. The van der Waals surface area contributed by atoms with Crippen molar-refractivity contribution in [3.8, 4) is 0 Å². The van der Waals surface area contributed by atoms with Gasteiger partial charge >= 0.3 is 0 Å². The first-order valence-corrected chi connectivity index (χ1v) is 6.12. The first-order valence-electron chi connectivity index (χ1n) is 6.12. The molecule has 0 spiro atoms. The van der Waals surface area contributed by atoms with Crippen LogP contribution < -0.4 is 0 Å². The van der Waals surface area contributed by atoms with E-state index in [0.29, 0.717) is 5.92 Å². The molecule has 0 aliphatic rings. The van der Waals surface area contributed by atoms with Gasteiger partial charge in [0, 0.05) is 6.54 Å². The summed E-state index contributed by atoms with van der Waals surface area (Å²) in [7, 11) is 0. The van der Waals surface area contributed by atoms with Gasteiger partial charge in [-0.15, -0.1) is 5.10 Å². The molecule has 1 rings (SSSR count). The fourth-order valence-electron chi connectivity index (χ4n) is 1.78. The first kappa shape index (κ1) is 12.2. The van der Waals surface area contributed by atoms with Crippen LogP contribution in [0.3, 0.4) is 0 Å². The largest absolute Gasteiger partial charge is 0.249 e. The molecule has 0 saturated heterocycles. The molecule has 1 aromatic rings. The molecule has 1 aromatic heterocycles. The van der Waals surface area contributed by atoms with Crippen molar-refractivity contribution >= 4 is 0 Å². The topological polar surface area (TPSA) is 30.7 Å². The lowest BCUT2D eigenvalue weighted by molar-refractivity contribution is 0.530. The highest BCUT2D eigenvalue weighted by Gasteiger charge is 2.14. The summed E-state index contributed by atoms with van der Waals surface area (Å²) in [5, 5.41) is 8.56. The van der Waals surface area contributed by atoms with Crippen LogP contribution in [0.2, 0.25) is 0 Å². The third kappa shape index (κ3) is 3.05. The van der Waals surface area contributed by atoms with Gasteiger partial charge in [0.05, 0.1) is 11.4 Å². The molecule has 3 heteroatoms. The molecule has 0 aliphatic carbocycles. The zero-order valence-electron chi connectivity index (χ0n) is 10.5. The number of hydrogen-bond acceptors (Lipinski definition) is 2. The summed E-state index contributed by atoms with van der Waals surface area (Å²) < 4.78 is 2.10. The van der Waals surface area contributed by atoms with Crippen LogP contribution in [0.5, 0.6) is 0 Å². The van der Waals surface area contributed by atoms with Crippen LogP contribution in [-0.2, 0) is 13.0 Å². The van der Waals surface area contributed by atoms with E-state index in [2.05, 4.69) is 42.7 Å². The summed E-state index contributed by atoms with van der Waals surface area (Å²) in [5.41, 5.74) is 2.54. The minimum atomic E-state index is 0.488. The van der Waals surface area contributed by atoms with Crippen molar-refractivity contribution in [2.24, 2.45) is 0 Å². The third-order valence-corrected chi connectivity index (χ3v) is 2.62. The summed E-state index contributed by atoms with van der Waals surface area (Å²) in [6.07, 6.45) is 4.67. The maximum atomic E-state index is 4.30. The van der Waals surface area contributed by atoms with Crippen molar-refractivity contribution in [2.45, 2.75) is 65.8 Å². The summed E-state index contributed by atoms with van der Waals surface area (Å²) >= 11 is 0. The lowest BCUT2D eigenvalue weighted by Gasteiger charge is -2.07. The van der Waals surface area contributed by atoms with Gasteiger partial charge in [0.15, 0.2) is 0 Å². The zero-order chi connectivity index (χ0) is 11.3. The summed E-state index contributed by atoms with van der Waals surface area (Å²) in [5.74, 6) is 0.488. The highest BCUT2D eigenvalue weighted by atomic mass is 15.4. The van der Waals surface area contributed by atoms with E-state index in [1.165, 1.54) is 30.7 Å². The Bertz CT molecular complexity index is 289. The number of rotatable bonds is 6. The minimum absolute atomic E-state index is 0.488. The van der Waals surface area contributed by atoms with Crippen molar-refractivity contribution < 1.29 is 0 Å². The van der Waals surface area contributed by atoms with E-state index < -0.39 is 0 Å². The van der Waals surface area contributed by atoms with E-state index in [-0.39, 0.29) is 0 Å². The van der Waals surface area contributed by atoms with Crippen molar-refractivity contribution in [2.75, 3.05) is 0 Å². The lowest BCUT2D eigenvalue weighted by Crippen LogP contribution is -2.06. The number of hydrogen-bond donors (Lipinski definition) is 0. The zero-order valence-corrected chi connectivity index (χ0v) is 10.5. The van der Waals surface area contributed by atoms with Gasteiger partial charge in [-0.25, -0.2) is 4.68 Å². The van der Waals surface area contributed by atoms with Gasteiger partial charge in [-0.1, -0.05) is 45.7 Å². The van der Waals surface area contributed by atoms with Crippen molar-refractivity contribution in [3.05, 3.63) is 11.4 Å². The molecular weight excluding hydrogens is 186 g/mol. The van der Waals surface area contributed by atoms with Crippen LogP contribution in [0.25, 0.3) is 0 Å². The van der Waals surface area contributed by atoms with Crippen molar-refractivity contribution in [1.82, 2.24) is 15.0 Å². The molecule has 0 atom stereocenters. The fourth-order valence-corrected chi connectivity index (χ4v) is 1.78. The molecule has 0 bridgehead atoms. The van der Waals surface area contributed by atoms with Gasteiger partial charge in [-0.05, 0) is 18.8 Å². The Hall–Kier alpha value is -0.860. The summed E-state index contributed by atoms with van der Waals surface area (Å²) in [6.45, 7) is 9.81. The number of aryl methyl sites for hydroxylation is 1. The second-order valence-electron chi connectivity index (χ2n) is 4.40. The fraction of sp³-hybridized carbons (Fsp3) is 0.833. The van der Waals surface area contributed by atoms with Crippen LogP contribution in [0.15, 0.2) is 0 Å². The van der Waals surface area contributed by atoms with Gasteiger partial charge in [0.1, 0.15) is 0 Å². The van der Waals surface area contributed by atoms with Gasteiger partial charge in [0.25, 0.3) is 0 Å². The molecular formula is C12H23N3. The molecule has 15 heavy (non-hydrogen) atoms. The summed E-state index contributed by atoms with van der Waals surface area (Å²) in [4.78, 5) is 0. The normalized spacial score (nSPS) is 11.3. The second-order valence-corrected chi connectivity index (χ2v) is 4.40. The Balaban J connectivity index is 2.85. The smallest absolute Gasteiger partial charge is 0.0884 e. The van der Waals surface area contributed by atoms with E-state index in [1.807, 2.05) is 0 Å². The number of nitrogens with zero attached hydrogens (tertiary/aromatic N) is 3. The average Bonchev–Trinajstić information content (AvgIpc) is 2.59. The van der Waals surface area contributed by atoms with E-state index in [4.69, 9.17) is 0 Å². The predicted octanol–water partition coefficient (Wildman–Crippen LogP) is 3.15. The molecule has 0 saturated carbocycles. The Morgan fingerprint density at radius 3 is 2.47 bits per heavy atom. The maximum absolute atomic E-state index is 4.30. The number of aromatic nitrogens is 3. The monoisotopic (exact) mass is 209 g/mol. The quantitative estimate of drug-likeness (QED) is 0.720. The Morgan fingerprint density at radius 2 is 1.93 bits per heavy atom. The highest BCUT2D eigenvalue weighted by molar-refractivity contribution is 5.14. The van der Waals surface area contributed by atoms with Crippen LogP contribution in [0.1, 0.15) is 64.3 Å².